The maximum absolute atomic E-state index is 13.9. The van der Waals surface area contributed by atoms with E-state index in [9.17, 15) is 29.4 Å². The molecule has 256 valence electrons. The summed E-state index contributed by atoms with van der Waals surface area (Å²) >= 11 is 0. The van der Waals surface area contributed by atoms with Gasteiger partial charge in [-0.2, -0.15) is 0 Å². The van der Waals surface area contributed by atoms with Crippen molar-refractivity contribution < 1.29 is 48.2 Å². The first-order chi connectivity index (χ1) is 24.0. The van der Waals surface area contributed by atoms with E-state index in [1.54, 1.807) is 44.2 Å². The fourth-order valence-corrected chi connectivity index (χ4v) is 7.31. The highest BCUT2D eigenvalue weighted by atomic mass is 16.7. The molecule has 0 saturated heterocycles. The quantitative estimate of drug-likeness (QED) is 0.115. The van der Waals surface area contributed by atoms with Gasteiger partial charge in [0.05, 0.1) is 30.6 Å². The molecule has 6 aromatic rings. The van der Waals surface area contributed by atoms with Gasteiger partial charge >= 0.3 is 11.9 Å². The van der Waals surface area contributed by atoms with Crippen molar-refractivity contribution in [1.29, 1.82) is 0 Å². The number of rotatable bonds is 9. The van der Waals surface area contributed by atoms with Crippen molar-refractivity contribution in [3.8, 4) is 34.5 Å². The lowest BCUT2D eigenvalue weighted by Crippen LogP contribution is -2.19. The Balaban J connectivity index is 1.69. The number of fused-ring (bicyclic) bond motifs is 1. The summed E-state index contributed by atoms with van der Waals surface area (Å²) in [5.74, 6) is -1.82. The summed E-state index contributed by atoms with van der Waals surface area (Å²) in [7, 11) is 2.67. The SMILES string of the molecule is COc1c(O)c2c(=O)cc3c4c5c(cc(=O)c6c(O)c(OC)c(C[C@H](C)OC(=O)c7ccccc7)c(c(c1C[C@H](C)OC(C)=O)c24)c65)OCO3. The fraction of sp³-hybridized carbons (Fsp3) is 0.263. The van der Waals surface area contributed by atoms with Gasteiger partial charge in [-0.15, -0.1) is 0 Å². The Morgan fingerprint density at radius 2 is 1.16 bits per heavy atom. The molecule has 7 rings (SSSR count). The Bertz CT molecular complexity index is 2470. The molecular weight excluding hydrogens is 648 g/mol. The predicted octanol–water partition coefficient (Wildman–Crippen LogP) is 5.33. The molecule has 0 saturated carbocycles. The molecule has 12 nitrogen and oxygen atoms in total. The van der Waals surface area contributed by atoms with Crippen molar-refractivity contribution in [3.05, 3.63) is 79.6 Å². The minimum atomic E-state index is -0.806. The zero-order chi connectivity index (χ0) is 35.6. The molecule has 0 spiro atoms. The van der Waals surface area contributed by atoms with Crippen LogP contribution in [0.1, 0.15) is 42.3 Å². The Kier molecular flexibility index (Phi) is 7.89. The van der Waals surface area contributed by atoms with Gasteiger partial charge in [-0.05, 0) is 36.8 Å². The van der Waals surface area contributed by atoms with Crippen molar-refractivity contribution in [2.24, 2.45) is 0 Å². The summed E-state index contributed by atoms with van der Waals surface area (Å²) in [5.41, 5.74) is -0.130. The van der Waals surface area contributed by atoms with Crippen molar-refractivity contribution in [1.82, 2.24) is 0 Å². The summed E-state index contributed by atoms with van der Waals surface area (Å²) in [5, 5.41) is 25.3. The van der Waals surface area contributed by atoms with Crippen molar-refractivity contribution >= 4 is 55.0 Å². The van der Waals surface area contributed by atoms with Gasteiger partial charge in [-0.3, -0.25) is 14.4 Å². The highest BCUT2D eigenvalue weighted by molar-refractivity contribution is 6.38. The summed E-state index contributed by atoms with van der Waals surface area (Å²) in [6, 6.07) is 10.9. The number of hydrogen-bond acceptors (Lipinski definition) is 12. The van der Waals surface area contributed by atoms with Gasteiger partial charge in [0, 0.05) is 64.6 Å². The van der Waals surface area contributed by atoms with Crippen LogP contribution in [-0.2, 0) is 27.1 Å². The molecule has 0 fully saturated rings. The van der Waals surface area contributed by atoms with Gasteiger partial charge in [0.15, 0.2) is 33.9 Å². The Labute approximate surface area is 283 Å². The molecular formula is C38H32O12. The Hall–Kier alpha value is -6.04. The van der Waals surface area contributed by atoms with Crippen LogP contribution in [0, 0.1) is 0 Å². The van der Waals surface area contributed by atoms with E-state index in [-0.39, 0.29) is 64.2 Å². The fourth-order valence-electron chi connectivity index (χ4n) is 7.31. The van der Waals surface area contributed by atoms with Crippen LogP contribution in [-0.4, -0.2) is 55.4 Å². The highest BCUT2D eigenvalue weighted by Crippen LogP contribution is 2.56. The van der Waals surface area contributed by atoms with Crippen LogP contribution in [0.15, 0.2) is 52.1 Å². The standard InChI is InChI=1S/C38H32O12/c1-16(49-18(3)39)11-20-26-27-21(12-17(2)50-38(44)19-9-7-6-8-10-19)37(46-5)35(43)29-23(41)14-25-31(33(27)29)30-24(47-15-48-25)13-22(40)28(32(26)30)34(42)36(20)45-4/h6-10,13-14,16-17,42-43H,11-12,15H2,1-5H3/t16-,17-/m0/s1. The average Bonchev–Trinajstić information content (AvgIpc) is 3.24. The number of aromatic hydroxyl groups is 2. The molecule has 12 heteroatoms. The zero-order valence-electron chi connectivity index (χ0n) is 27.8. The number of phenolic OH excluding ortho intramolecular Hbond substituents is 2. The molecule has 1 aliphatic heterocycles. The number of esters is 2. The molecule has 2 atom stereocenters. The number of phenols is 2. The molecule has 0 bridgehead atoms. The van der Waals surface area contributed by atoms with Crippen LogP contribution in [0.25, 0.3) is 43.1 Å². The van der Waals surface area contributed by atoms with Gasteiger partial charge in [0.25, 0.3) is 0 Å². The number of ether oxygens (including phenoxy) is 6. The first-order valence-corrected chi connectivity index (χ1v) is 15.8. The van der Waals surface area contributed by atoms with Crippen LogP contribution < -0.4 is 29.8 Å². The zero-order valence-corrected chi connectivity index (χ0v) is 27.8. The third kappa shape index (κ3) is 4.89. The summed E-state index contributed by atoms with van der Waals surface area (Å²) in [6.07, 6.45) is -1.58. The molecule has 6 aromatic carbocycles. The Morgan fingerprint density at radius 3 is 1.60 bits per heavy atom. The monoisotopic (exact) mass is 680 g/mol. The van der Waals surface area contributed by atoms with Gasteiger partial charge in [0.1, 0.15) is 23.7 Å². The van der Waals surface area contributed by atoms with E-state index in [2.05, 4.69) is 0 Å². The van der Waals surface area contributed by atoms with Crippen LogP contribution in [0.3, 0.4) is 0 Å². The molecule has 0 radical (unpaired) electrons. The largest absolute Gasteiger partial charge is 0.504 e. The molecule has 1 heterocycles. The maximum atomic E-state index is 13.9. The molecule has 0 aliphatic carbocycles. The van der Waals surface area contributed by atoms with Crippen LogP contribution in [0.5, 0.6) is 34.5 Å². The third-order valence-corrected chi connectivity index (χ3v) is 9.07. The second-order valence-electron chi connectivity index (χ2n) is 12.3. The predicted molar refractivity (Wildman–Crippen MR) is 184 cm³/mol. The van der Waals surface area contributed by atoms with E-state index >= 15 is 0 Å². The average molecular weight is 681 g/mol. The molecule has 2 N–H and O–H groups in total. The molecule has 0 aromatic heterocycles. The number of carbonyl (C=O) groups is 2. The van der Waals surface area contributed by atoms with Crippen molar-refractivity contribution in [2.75, 3.05) is 21.0 Å². The minimum absolute atomic E-state index is 0.00126. The first kappa shape index (κ1) is 32.5. The number of hydrogen-bond donors (Lipinski definition) is 2. The summed E-state index contributed by atoms with van der Waals surface area (Å²) < 4.78 is 34.7. The van der Waals surface area contributed by atoms with Crippen LogP contribution in [0.4, 0.5) is 0 Å². The van der Waals surface area contributed by atoms with Gasteiger partial charge < -0.3 is 38.6 Å². The topological polar surface area (TPSA) is 164 Å². The normalized spacial score (nSPS) is 13.6. The third-order valence-electron chi connectivity index (χ3n) is 9.07. The van der Waals surface area contributed by atoms with E-state index in [1.807, 2.05) is 0 Å². The molecule has 1 aliphatic rings. The maximum Gasteiger partial charge on any atom is 0.338 e. The van der Waals surface area contributed by atoms with E-state index < -0.39 is 46.5 Å². The summed E-state index contributed by atoms with van der Waals surface area (Å²) in [6.45, 7) is 4.28. The van der Waals surface area contributed by atoms with E-state index in [4.69, 9.17) is 28.4 Å². The smallest absolute Gasteiger partial charge is 0.338 e. The highest BCUT2D eigenvalue weighted by Gasteiger charge is 2.34. The summed E-state index contributed by atoms with van der Waals surface area (Å²) in [4.78, 5) is 52.8. The van der Waals surface area contributed by atoms with Gasteiger partial charge in [0.2, 0.25) is 6.79 Å². The van der Waals surface area contributed by atoms with Crippen LogP contribution >= 0.6 is 0 Å². The Morgan fingerprint density at radius 1 is 0.700 bits per heavy atom. The second kappa shape index (κ2) is 12.1. The lowest BCUT2D eigenvalue weighted by molar-refractivity contribution is -0.145. The van der Waals surface area contributed by atoms with E-state index in [1.165, 1.54) is 33.3 Å². The number of benzene rings is 6. The number of carbonyl (C=O) groups excluding carboxylic acids is 2. The molecule has 0 unspecified atom stereocenters. The first-order valence-electron chi connectivity index (χ1n) is 15.8. The lowest BCUT2D eigenvalue weighted by atomic mass is 9.81. The second-order valence-corrected chi connectivity index (χ2v) is 12.3. The minimum Gasteiger partial charge on any atom is -0.504 e. The van der Waals surface area contributed by atoms with Gasteiger partial charge in [-0.25, -0.2) is 4.79 Å². The van der Waals surface area contributed by atoms with Crippen molar-refractivity contribution in [3.63, 3.8) is 0 Å². The molecule has 50 heavy (non-hydrogen) atoms. The van der Waals surface area contributed by atoms with Gasteiger partial charge in [-0.1, -0.05) is 18.2 Å². The number of methoxy groups -OCH3 is 2. The molecule has 0 amide bonds. The van der Waals surface area contributed by atoms with Crippen LogP contribution in [0.2, 0.25) is 0 Å². The lowest BCUT2D eigenvalue weighted by Gasteiger charge is -2.26. The van der Waals surface area contributed by atoms with E-state index in [0.717, 1.165) is 0 Å². The van der Waals surface area contributed by atoms with E-state index in [0.29, 0.717) is 38.2 Å². The van der Waals surface area contributed by atoms with Crippen molar-refractivity contribution in [2.45, 2.75) is 45.8 Å².